The molecular weight excluding hydrogens is 164 g/mol. The van der Waals surface area contributed by atoms with Gasteiger partial charge in [-0.3, -0.25) is 0 Å². The maximum atomic E-state index is 8.40. The Balaban J connectivity index is 3.14. The number of benzene rings is 1. The minimum Gasteiger partial charge on any atom is -0.480 e. The second kappa shape index (κ2) is 4.27. The molecule has 66 valence electrons. The summed E-state index contributed by atoms with van der Waals surface area (Å²) in [5.74, 6) is 0.362. The molecule has 13 heavy (non-hydrogen) atoms. The maximum absolute atomic E-state index is 8.40. The van der Waals surface area contributed by atoms with Crippen molar-refractivity contribution in [3.63, 3.8) is 0 Å². The van der Waals surface area contributed by atoms with Crippen LogP contribution in [0.25, 0.3) is 0 Å². The van der Waals surface area contributed by atoms with Crippen molar-refractivity contribution in [1.82, 2.24) is 0 Å². The third kappa shape index (κ3) is 2.06. The Bertz CT molecular complexity index is 363. The van der Waals surface area contributed by atoms with Gasteiger partial charge in [0.05, 0.1) is 7.11 Å². The fourth-order valence-corrected chi connectivity index (χ4v) is 1.07. The predicted molar refractivity (Wildman–Crippen MR) is 50.3 cm³/mol. The molecule has 0 atom stereocenters. The van der Waals surface area contributed by atoms with E-state index < -0.39 is 0 Å². The standard InChI is InChI=1S/C10H10N2O/c1-8-5-3-4-6-9(8)10(13-2)12-7-11/h3-6H,1-2H3. The van der Waals surface area contributed by atoms with Crippen LogP contribution < -0.4 is 0 Å². The van der Waals surface area contributed by atoms with Crippen LogP contribution in [0.1, 0.15) is 11.1 Å². The third-order valence-electron chi connectivity index (χ3n) is 1.72. The normalized spacial score (nSPS) is 10.7. The Morgan fingerprint density at radius 3 is 2.69 bits per heavy atom. The zero-order valence-electron chi connectivity index (χ0n) is 7.61. The summed E-state index contributed by atoms with van der Waals surface area (Å²) in [7, 11) is 1.50. The number of nitrogens with zero attached hydrogens (tertiary/aromatic N) is 2. The highest BCUT2D eigenvalue weighted by Gasteiger charge is 2.04. The van der Waals surface area contributed by atoms with Gasteiger partial charge in [-0.2, -0.15) is 5.26 Å². The van der Waals surface area contributed by atoms with Gasteiger partial charge in [-0.25, -0.2) is 0 Å². The van der Waals surface area contributed by atoms with Crippen molar-refractivity contribution in [1.29, 1.82) is 5.26 Å². The lowest BCUT2D eigenvalue weighted by atomic mass is 10.1. The van der Waals surface area contributed by atoms with Crippen molar-refractivity contribution >= 4 is 5.90 Å². The van der Waals surface area contributed by atoms with Crippen LogP contribution in [0.15, 0.2) is 29.3 Å². The highest BCUT2D eigenvalue weighted by atomic mass is 16.5. The molecule has 0 N–H and O–H groups in total. The van der Waals surface area contributed by atoms with Crippen molar-refractivity contribution < 1.29 is 4.74 Å². The molecule has 0 bridgehead atoms. The van der Waals surface area contributed by atoms with E-state index in [0.29, 0.717) is 5.90 Å². The largest absolute Gasteiger partial charge is 0.480 e. The average Bonchev–Trinajstić information content (AvgIpc) is 2.16. The number of aryl methyl sites for hydroxylation is 1. The SMILES string of the molecule is COC(=NC#N)c1ccccc1C. The van der Waals surface area contributed by atoms with Gasteiger partial charge in [0.15, 0.2) is 0 Å². The quantitative estimate of drug-likeness (QED) is 0.370. The molecule has 0 aliphatic carbocycles. The molecule has 0 saturated heterocycles. The smallest absolute Gasteiger partial charge is 0.231 e. The van der Waals surface area contributed by atoms with Crippen LogP contribution in [0, 0.1) is 18.4 Å². The third-order valence-corrected chi connectivity index (χ3v) is 1.72. The summed E-state index contributed by atoms with van der Waals surface area (Å²) in [5, 5.41) is 8.40. The number of nitriles is 1. The first kappa shape index (κ1) is 9.27. The summed E-state index contributed by atoms with van der Waals surface area (Å²) in [4.78, 5) is 3.57. The van der Waals surface area contributed by atoms with E-state index in [2.05, 4.69) is 4.99 Å². The molecule has 0 amide bonds. The monoisotopic (exact) mass is 174 g/mol. The Kier molecular flexibility index (Phi) is 3.04. The average molecular weight is 174 g/mol. The summed E-state index contributed by atoms with van der Waals surface area (Å²) >= 11 is 0. The second-order valence-electron chi connectivity index (χ2n) is 2.54. The number of aliphatic imine (C=N–C) groups is 1. The van der Waals surface area contributed by atoms with Gasteiger partial charge in [-0.05, 0) is 18.6 Å². The zero-order chi connectivity index (χ0) is 9.68. The second-order valence-corrected chi connectivity index (χ2v) is 2.54. The highest BCUT2D eigenvalue weighted by molar-refractivity contribution is 5.95. The summed E-state index contributed by atoms with van der Waals surface area (Å²) in [6.45, 7) is 1.95. The summed E-state index contributed by atoms with van der Waals surface area (Å²) in [5.41, 5.74) is 1.89. The van der Waals surface area contributed by atoms with Crippen LogP contribution >= 0.6 is 0 Å². The molecule has 0 fully saturated rings. The molecule has 0 unspecified atom stereocenters. The minimum absolute atomic E-state index is 0.362. The molecule has 1 aromatic carbocycles. The van der Waals surface area contributed by atoms with Crippen LogP contribution in [-0.4, -0.2) is 13.0 Å². The first-order chi connectivity index (χ1) is 6.29. The lowest BCUT2D eigenvalue weighted by molar-refractivity contribution is 0.405. The van der Waals surface area contributed by atoms with Gasteiger partial charge in [0, 0.05) is 5.56 Å². The highest BCUT2D eigenvalue weighted by Crippen LogP contribution is 2.08. The van der Waals surface area contributed by atoms with E-state index in [9.17, 15) is 0 Å². The number of methoxy groups -OCH3 is 1. The van der Waals surface area contributed by atoms with E-state index in [1.54, 1.807) is 6.19 Å². The molecule has 0 aliphatic rings. The number of hydrogen-bond donors (Lipinski definition) is 0. The summed E-state index contributed by atoms with van der Waals surface area (Å²) < 4.78 is 4.99. The van der Waals surface area contributed by atoms with E-state index >= 15 is 0 Å². The molecule has 0 heterocycles. The Morgan fingerprint density at radius 2 is 2.15 bits per heavy atom. The van der Waals surface area contributed by atoms with Crippen molar-refractivity contribution in [2.24, 2.45) is 4.99 Å². The first-order valence-electron chi connectivity index (χ1n) is 3.86. The molecule has 3 heteroatoms. The summed E-state index contributed by atoms with van der Waals surface area (Å²) in [6.07, 6.45) is 1.71. The maximum Gasteiger partial charge on any atom is 0.231 e. The topological polar surface area (TPSA) is 45.4 Å². The molecule has 1 aromatic rings. The van der Waals surface area contributed by atoms with Crippen molar-refractivity contribution in [3.8, 4) is 6.19 Å². The van der Waals surface area contributed by atoms with Gasteiger partial charge in [-0.1, -0.05) is 18.2 Å². The fourth-order valence-electron chi connectivity index (χ4n) is 1.07. The van der Waals surface area contributed by atoms with Gasteiger partial charge in [0.25, 0.3) is 0 Å². The van der Waals surface area contributed by atoms with Gasteiger partial charge >= 0.3 is 0 Å². The van der Waals surface area contributed by atoms with Gasteiger partial charge in [0.2, 0.25) is 12.1 Å². The fraction of sp³-hybridized carbons (Fsp3) is 0.200. The van der Waals surface area contributed by atoms with Crippen LogP contribution in [0.3, 0.4) is 0 Å². The van der Waals surface area contributed by atoms with E-state index in [1.807, 2.05) is 31.2 Å². The Labute approximate surface area is 77.3 Å². The van der Waals surface area contributed by atoms with E-state index in [0.717, 1.165) is 11.1 Å². The van der Waals surface area contributed by atoms with Crippen LogP contribution in [0.2, 0.25) is 0 Å². The van der Waals surface area contributed by atoms with Gasteiger partial charge in [-0.15, -0.1) is 4.99 Å². The molecule has 0 aromatic heterocycles. The van der Waals surface area contributed by atoms with Crippen LogP contribution in [0.5, 0.6) is 0 Å². The van der Waals surface area contributed by atoms with Gasteiger partial charge < -0.3 is 4.74 Å². The Morgan fingerprint density at radius 1 is 1.46 bits per heavy atom. The van der Waals surface area contributed by atoms with E-state index in [-0.39, 0.29) is 0 Å². The van der Waals surface area contributed by atoms with Crippen LogP contribution in [0.4, 0.5) is 0 Å². The minimum atomic E-state index is 0.362. The number of ether oxygens (including phenoxy) is 1. The molecule has 0 spiro atoms. The number of rotatable bonds is 1. The molecule has 0 aliphatic heterocycles. The lowest BCUT2D eigenvalue weighted by Gasteiger charge is -2.05. The molecule has 0 radical (unpaired) electrons. The Hall–Kier alpha value is -1.82. The molecule has 0 saturated carbocycles. The first-order valence-corrected chi connectivity index (χ1v) is 3.86. The molecular formula is C10H10N2O. The van der Waals surface area contributed by atoms with E-state index in [1.165, 1.54) is 7.11 Å². The van der Waals surface area contributed by atoms with E-state index in [4.69, 9.17) is 10.00 Å². The van der Waals surface area contributed by atoms with Gasteiger partial charge in [0.1, 0.15) is 0 Å². The predicted octanol–water partition coefficient (Wildman–Crippen LogP) is 1.87. The number of hydrogen-bond acceptors (Lipinski definition) is 3. The molecule has 3 nitrogen and oxygen atoms in total. The summed E-state index contributed by atoms with van der Waals surface area (Å²) in [6, 6.07) is 7.63. The van der Waals surface area contributed by atoms with Crippen molar-refractivity contribution in [2.45, 2.75) is 6.92 Å². The van der Waals surface area contributed by atoms with Crippen LogP contribution in [-0.2, 0) is 4.74 Å². The van der Waals surface area contributed by atoms with Crippen molar-refractivity contribution in [2.75, 3.05) is 7.11 Å². The lowest BCUT2D eigenvalue weighted by Crippen LogP contribution is -2.04. The zero-order valence-corrected chi connectivity index (χ0v) is 7.61. The van der Waals surface area contributed by atoms with Crippen molar-refractivity contribution in [3.05, 3.63) is 35.4 Å². The molecule has 1 rings (SSSR count).